The molecular weight excluding hydrogens is 327 g/mol. The Morgan fingerprint density at radius 3 is 2.71 bits per heavy atom. The van der Waals surface area contributed by atoms with E-state index in [1.165, 1.54) is 50.4 Å². The molecule has 3 nitrogen and oxygen atoms in total. The lowest BCUT2D eigenvalue weighted by Gasteiger charge is -2.12. The Morgan fingerprint density at radius 2 is 2.00 bits per heavy atom. The lowest BCUT2D eigenvalue weighted by atomic mass is 10.1. The van der Waals surface area contributed by atoms with E-state index in [2.05, 4.69) is 21.6 Å². The zero-order valence-electron chi connectivity index (χ0n) is 12.3. The summed E-state index contributed by atoms with van der Waals surface area (Å²) in [6, 6.07) is 3.62. The Morgan fingerprint density at radius 1 is 1.19 bits per heavy atom. The van der Waals surface area contributed by atoms with Crippen molar-refractivity contribution in [3.63, 3.8) is 0 Å². The number of hydrogen-bond acceptors (Lipinski definition) is 4. The second kappa shape index (κ2) is 11.4. The first-order valence-electron chi connectivity index (χ1n) is 7.39. The highest BCUT2D eigenvalue weighted by atomic mass is 35.5. The smallest absolute Gasteiger partial charge is 0.213 e. The van der Waals surface area contributed by atoms with Crippen LogP contribution in [0.4, 0.5) is 0 Å². The maximum absolute atomic E-state index is 5.77. The van der Waals surface area contributed by atoms with E-state index in [0.29, 0.717) is 10.9 Å². The molecule has 0 amide bonds. The first-order valence-corrected chi connectivity index (χ1v) is 8.92. The Kier molecular flexibility index (Phi) is 10.3. The predicted molar refractivity (Wildman–Crippen MR) is 94.0 cm³/mol. The third kappa shape index (κ3) is 8.15. The van der Waals surface area contributed by atoms with Crippen LogP contribution in [0.25, 0.3) is 0 Å². The van der Waals surface area contributed by atoms with Gasteiger partial charge in [0.25, 0.3) is 0 Å². The van der Waals surface area contributed by atoms with Gasteiger partial charge in [-0.05, 0) is 25.5 Å². The van der Waals surface area contributed by atoms with Gasteiger partial charge in [0.2, 0.25) is 5.88 Å². The Hall–Kier alpha value is -0.160. The highest BCUT2D eigenvalue weighted by Gasteiger charge is 2.10. The Balaban J connectivity index is 0.00000220. The van der Waals surface area contributed by atoms with Gasteiger partial charge in [-0.1, -0.05) is 30.9 Å². The summed E-state index contributed by atoms with van der Waals surface area (Å²) in [4.78, 5) is 6.66. The lowest BCUT2D eigenvalue weighted by Crippen LogP contribution is -2.20. The first kappa shape index (κ1) is 18.9. The van der Waals surface area contributed by atoms with Gasteiger partial charge in [0.15, 0.2) is 0 Å². The molecule has 6 heteroatoms. The van der Waals surface area contributed by atoms with Crippen LogP contribution in [0, 0.1) is 0 Å². The van der Waals surface area contributed by atoms with E-state index in [-0.39, 0.29) is 12.4 Å². The molecule has 2 heterocycles. The van der Waals surface area contributed by atoms with E-state index in [1.807, 2.05) is 6.07 Å². The first-order chi connectivity index (χ1) is 9.84. The van der Waals surface area contributed by atoms with Crippen molar-refractivity contribution in [3.05, 3.63) is 23.4 Å². The summed E-state index contributed by atoms with van der Waals surface area (Å²) >= 11 is 7.82. The van der Waals surface area contributed by atoms with E-state index in [9.17, 15) is 0 Å². The van der Waals surface area contributed by atoms with E-state index < -0.39 is 0 Å². The third-order valence-corrected chi connectivity index (χ3v) is 4.64. The van der Waals surface area contributed by atoms with Gasteiger partial charge in [0.05, 0.1) is 11.6 Å². The molecule has 1 aliphatic heterocycles. The van der Waals surface area contributed by atoms with Crippen molar-refractivity contribution in [3.8, 4) is 5.88 Å². The van der Waals surface area contributed by atoms with Crippen LogP contribution in [0.15, 0.2) is 18.3 Å². The van der Waals surface area contributed by atoms with Crippen molar-refractivity contribution in [1.82, 2.24) is 9.88 Å². The lowest BCUT2D eigenvalue weighted by molar-refractivity contribution is 0.291. The SMILES string of the molecule is Cl.Clc1ccc(OCCCCCCCN2CCSC2)nc1. The molecule has 0 radical (unpaired) electrons. The minimum Gasteiger partial charge on any atom is -0.478 e. The van der Waals surface area contributed by atoms with Gasteiger partial charge in [-0.2, -0.15) is 0 Å². The molecule has 0 aromatic carbocycles. The number of aromatic nitrogens is 1. The Bertz CT molecular complexity index is 372. The van der Waals surface area contributed by atoms with Crippen LogP contribution in [-0.4, -0.2) is 41.2 Å². The molecule has 21 heavy (non-hydrogen) atoms. The number of pyridine rings is 1. The molecule has 2 rings (SSSR count). The zero-order chi connectivity index (χ0) is 14.0. The van der Waals surface area contributed by atoms with E-state index in [0.717, 1.165) is 13.0 Å². The van der Waals surface area contributed by atoms with Crippen molar-refractivity contribution < 1.29 is 4.74 Å². The van der Waals surface area contributed by atoms with Crippen LogP contribution in [0.1, 0.15) is 32.1 Å². The average Bonchev–Trinajstić information content (AvgIpc) is 2.97. The average molecular weight is 351 g/mol. The molecule has 0 unspecified atom stereocenters. The van der Waals surface area contributed by atoms with Gasteiger partial charge in [0, 0.05) is 30.4 Å². The van der Waals surface area contributed by atoms with Crippen LogP contribution in [0.5, 0.6) is 5.88 Å². The molecule has 120 valence electrons. The van der Waals surface area contributed by atoms with Crippen molar-refractivity contribution in [2.75, 3.05) is 31.3 Å². The van der Waals surface area contributed by atoms with Gasteiger partial charge in [-0.3, -0.25) is 4.90 Å². The van der Waals surface area contributed by atoms with Gasteiger partial charge < -0.3 is 4.74 Å². The van der Waals surface area contributed by atoms with Crippen LogP contribution in [0.2, 0.25) is 5.02 Å². The monoisotopic (exact) mass is 350 g/mol. The van der Waals surface area contributed by atoms with Gasteiger partial charge in [0.1, 0.15) is 0 Å². The predicted octanol–water partition coefficient (Wildman–Crippen LogP) is 4.49. The number of unbranched alkanes of at least 4 members (excludes halogenated alkanes) is 4. The summed E-state index contributed by atoms with van der Waals surface area (Å²) in [5, 5.41) is 0.647. The largest absolute Gasteiger partial charge is 0.478 e. The summed E-state index contributed by atoms with van der Waals surface area (Å²) in [5.74, 6) is 3.22. The van der Waals surface area contributed by atoms with Gasteiger partial charge in [-0.25, -0.2) is 4.98 Å². The summed E-state index contributed by atoms with van der Waals surface area (Å²) in [6.45, 7) is 3.31. The van der Waals surface area contributed by atoms with Crippen molar-refractivity contribution >= 4 is 35.8 Å². The van der Waals surface area contributed by atoms with Crippen LogP contribution < -0.4 is 4.74 Å². The molecule has 1 saturated heterocycles. The minimum absolute atomic E-state index is 0. The molecule has 0 spiro atoms. The topological polar surface area (TPSA) is 25.4 Å². The molecule has 1 aromatic rings. The molecule has 0 aliphatic carbocycles. The number of halogens is 2. The number of nitrogens with zero attached hydrogens (tertiary/aromatic N) is 2. The van der Waals surface area contributed by atoms with E-state index in [1.54, 1.807) is 12.3 Å². The fourth-order valence-corrected chi connectivity index (χ4v) is 3.36. The molecule has 0 atom stereocenters. The molecule has 1 aliphatic rings. The maximum Gasteiger partial charge on any atom is 0.213 e. The molecule has 1 fully saturated rings. The van der Waals surface area contributed by atoms with E-state index in [4.69, 9.17) is 16.3 Å². The fraction of sp³-hybridized carbons (Fsp3) is 0.667. The highest BCUT2D eigenvalue weighted by Crippen LogP contribution is 2.15. The van der Waals surface area contributed by atoms with Gasteiger partial charge >= 0.3 is 0 Å². The molecule has 0 N–H and O–H groups in total. The quantitative estimate of drug-likeness (QED) is 0.612. The zero-order valence-corrected chi connectivity index (χ0v) is 14.7. The number of hydrogen-bond donors (Lipinski definition) is 0. The van der Waals surface area contributed by atoms with Crippen LogP contribution in [0.3, 0.4) is 0 Å². The molecule has 1 aromatic heterocycles. The maximum atomic E-state index is 5.77. The van der Waals surface area contributed by atoms with E-state index >= 15 is 0 Å². The van der Waals surface area contributed by atoms with Crippen LogP contribution in [-0.2, 0) is 0 Å². The second-order valence-corrected chi connectivity index (χ2v) is 6.60. The number of thioether (sulfide) groups is 1. The van der Waals surface area contributed by atoms with Crippen LogP contribution >= 0.6 is 35.8 Å². The summed E-state index contributed by atoms with van der Waals surface area (Å²) in [5.41, 5.74) is 0. The third-order valence-electron chi connectivity index (χ3n) is 3.39. The second-order valence-electron chi connectivity index (χ2n) is 5.09. The minimum atomic E-state index is 0. The normalized spacial score (nSPS) is 14.9. The molecule has 0 bridgehead atoms. The highest BCUT2D eigenvalue weighted by molar-refractivity contribution is 7.99. The molecule has 0 saturated carbocycles. The fourth-order valence-electron chi connectivity index (χ4n) is 2.22. The standard InChI is InChI=1S/C15H23ClN2OS.ClH/c16-14-6-7-15(17-12-14)19-10-5-3-1-2-4-8-18-9-11-20-13-18;/h6-7,12H,1-5,8-11,13H2;1H. The number of ether oxygens (including phenoxy) is 1. The Labute approximate surface area is 143 Å². The van der Waals surface area contributed by atoms with Crippen molar-refractivity contribution in [2.45, 2.75) is 32.1 Å². The number of rotatable bonds is 9. The van der Waals surface area contributed by atoms with Crippen molar-refractivity contribution in [1.29, 1.82) is 0 Å². The summed E-state index contributed by atoms with van der Waals surface area (Å²) in [7, 11) is 0. The summed E-state index contributed by atoms with van der Waals surface area (Å²) in [6.07, 6.45) is 7.93. The van der Waals surface area contributed by atoms with Gasteiger partial charge in [-0.15, -0.1) is 24.2 Å². The summed E-state index contributed by atoms with van der Waals surface area (Å²) < 4.78 is 5.57. The van der Waals surface area contributed by atoms with Crippen molar-refractivity contribution in [2.24, 2.45) is 0 Å². The molecular formula is C15H24Cl2N2OS.